The Kier molecular flexibility index (Phi) is 3.56. The molecule has 4 N–H and O–H groups in total. The van der Waals surface area contributed by atoms with Gasteiger partial charge in [-0.25, -0.2) is 0 Å². The minimum Gasteiger partial charge on any atom is -0.396 e. The van der Waals surface area contributed by atoms with Crippen LogP contribution < -0.4 is 11.1 Å². The Balaban J connectivity index is 2.07. The summed E-state index contributed by atoms with van der Waals surface area (Å²) < 4.78 is 6.16. The van der Waals surface area contributed by atoms with E-state index in [4.69, 9.17) is 10.5 Å². The molecule has 6 heteroatoms. The largest absolute Gasteiger partial charge is 0.396 e. The molecule has 1 aromatic rings. The van der Waals surface area contributed by atoms with E-state index in [1.54, 1.807) is 12.4 Å². The molecule has 0 amide bonds. The van der Waals surface area contributed by atoms with E-state index in [1.807, 2.05) is 6.92 Å². The second kappa shape index (κ2) is 4.80. The maximum atomic E-state index is 10.3. The Morgan fingerprint density at radius 2 is 2.47 bits per heavy atom. The maximum Gasteiger partial charge on any atom is 0.110 e. The number of nitrogens with two attached hydrogens (primary N) is 1. The lowest BCUT2D eigenvalue weighted by molar-refractivity contribution is -0.0175. The summed E-state index contributed by atoms with van der Waals surface area (Å²) in [7, 11) is 0. The number of aliphatic hydroxyl groups is 1. The van der Waals surface area contributed by atoms with E-state index in [0.717, 1.165) is 10.2 Å². The van der Waals surface area contributed by atoms with E-state index in [1.165, 1.54) is 0 Å². The molecule has 0 aromatic carbocycles. The fourth-order valence-electron chi connectivity index (χ4n) is 1.88. The Bertz CT molecular complexity index is 395. The number of anilines is 2. The number of hydrogen-bond donors (Lipinski definition) is 3. The molecule has 94 valence electrons. The van der Waals surface area contributed by atoms with E-state index in [9.17, 15) is 5.11 Å². The van der Waals surface area contributed by atoms with Crippen molar-refractivity contribution in [2.45, 2.75) is 25.0 Å². The number of rotatable bonds is 3. The zero-order chi connectivity index (χ0) is 12.5. The first-order valence-corrected chi connectivity index (χ1v) is 6.29. The quantitative estimate of drug-likeness (QED) is 0.786. The van der Waals surface area contributed by atoms with Gasteiger partial charge in [0.15, 0.2) is 0 Å². The molecule has 2 rings (SSSR count). The fourth-order valence-corrected chi connectivity index (χ4v) is 2.37. The van der Waals surface area contributed by atoms with Gasteiger partial charge in [0.05, 0.1) is 28.1 Å². The zero-order valence-corrected chi connectivity index (χ0v) is 11.2. The molecule has 1 fully saturated rings. The molecular formula is C11H16BrN3O2. The van der Waals surface area contributed by atoms with Gasteiger partial charge >= 0.3 is 0 Å². The lowest BCUT2D eigenvalue weighted by Gasteiger charge is -2.27. The summed E-state index contributed by atoms with van der Waals surface area (Å²) in [6, 6.07) is 0. The number of nitrogen functional groups attached to an aromatic ring is 1. The fraction of sp³-hybridized carbons (Fsp3) is 0.545. The van der Waals surface area contributed by atoms with Crippen LogP contribution in [0.15, 0.2) is 16.9 Å². The zero-order valence-electron chi connectivity index (χ0n) is 9.61. The molecule has 1 aromatic heterocycles. The van der Waals surface area contributed by atoms with Gasteiger partial charge < -0.3 is 20.9 Å². The van der Waals surface area contributed by atoms with Crippen LogP contribution in [0, 0.1) is 0 Å². The third-order valence-corrected chi connectivity index (χ3v) is 3.76. The van der Waals surface area contributed by atoms with Crippen LogP contribution >= 0.6 is 15.9 Å². The van der Waals surface area contributed by atoms with Gasteiger partial charge in [0, 0.05) is 25.8 Å². The number of nitrogens with zero attached hydrogens (tertiary/aromatic N) is 1. The van der Waals surface area contributed by atoms with Crippen LogP contribution in [-0.2, 0) is 4.74 Å². The van der Waals surface area contributed by atoms with Gasteiger partial charge in [-0.2, -0.15) is 0 Å². The molecule has 0 radical (unpaired) electrons. The van der Waals surface area contributed by atoms with Crippen molar-refractivity contribution in [1.82, 2.24) is 4.98 Å². The Hall–Kier alpha value is -0.850. The summed E-state index contributed by atoms with van der Waals surface area (Å²) in [5.74, 6) is 0. The summed E-state index contributed by atoms with van der Waals surface area (Å²) in [4.78, 5) is 3.96. The Labute approximate surface area is 108 Å². The monoisotopic (exact) mass is 301 g/mol. The third kappa shape index (κ3) is 2.53. The van der Waals surface area contributed by atoms with Gasteiger partial charge in [-0.05, 0) is 22.9 Å². The van der Waals surface area contributed by atoms with Gasteiger partial charge in [-0.1, -0.05) is 0 Å². The topological polar surface area (TPSA) is 80.4 Å². The van der Waals surface area contributed by atoms with E-state index >= 15 is 0 Å². The number of hydrogen-bond acceptors (Lipinski definition) is 5. The number of aromatic nitrogens is 1. The molecule has 0 spiro atoms. The Morgan fingerprint density at radius 3 is 3.06 bits per heavy atom. The van der Waals surface area contributed by atoms with Crippen LogP contribution in [0.25, 0.3) is 0 Å². The second-order valence-electron chi connectivity index (χ2n) is 4.31. The van der Waals surface area contributed by atoms with Crippen molar-refractivity contribution in [3.05, 3.63) is 16.9 Å². The summed E-state index contributed by atoms with van der Waals surface area (Å²) >= 11 is 3.37. The van der Waals surface area contributed by atoms with E-state index in [-0.39, 0.29) is 6.10 Å². The number of halogens is 1. The maximum absolute atomic E-state index is 10.3. The normalized spacial score (nSPS) is 28.3. The highest BCUT2D eigenvalue weighted by atomic mass is 79.9. The highest BCUT2D eigenvalue weighted by Gasteiger charge is 2.39. The molecule has 1 saturated heterocycles. The molecule has 17 heavy (non-hydrogen) atoms. The van der Waals surface area contributed by atoms with E-state index in [2.05, 4.69) is 26.2 Å². The molecule has 1 aliphatic heterocycles. The minimum atomic E-state index is -0.838. The van der Waals surface area contributed by atoms with Crippen LogP contribution in [0.1, 0.15) is 13.3 Å². The SMILES string of the molecule is CC1OCCC1(O)CNc1c(N)cncc1Br. The van der Waals surface area contributed by atoms with Crippen molar-refractivity contribution in [1.29, 1.82) is 0 Å². The second-order valence-corrected chi connectivity index (χ2v) is 5.16. The Morgan fingerprint density at radius 1 is 1.71 bits per heavy atom. The van der Waals surface area contributed by atoms with Gasteiger partial charge in [-0.15, -0.1) is 0 Å². The lowest BCUT2D eigenvalue weighted by atomic mass is 9.96. The minimum absolute atomic E-state index is 0.170. The number of ether oxygens (including phenoxy) is 1. The number of nitrogens with one attached hydrogen (secondary N) is 1. The average Bonchev–Trinajstić information content (AvgIpc) is 2.59. The van der Waals surface area contributed by atoms with E-state index in [0.29, 0.717) is 25.3 Å². The molecule has 0 saturated carbocycles. The van der Waals surface area contributed by atoms with Crippen molar-refractivity contribution in [3.8, 4) is 0 Å². The van der Waals surface area contributed by atoms with Crippen LogP contribution in [0.3, 0.4) is 0 Å². The van der Waals surface area contributed by atoms with Gasteiger partial charge in [0.2, 0.25) is 0 Å². The van der Waals surface area contributed by atoms with Crippen LogP contribution in [0.5, 0.6) is 0 Å². The van der Waals surface area contributed by atoms with Gasteiger partial charge in [-0.3, -0.25) is 4.98 Å². The third-order valence-electron chi connectivity index (χ3n) is 3.16. The number of pyridine rings is 1. The molecule has 2 unspecified atom stereocenters. The predicted octanol–water partition coefficient (Wildman–Crippen LogP) is 1.38. The molecule has 0 aliphatic carbocycles. The average molecular weight is 302 g/mol. The highest BCUT2D eigenvalue weighted by Crippen LogP contribution is 2.30. The first-order valence-electron chi connectivity index (χ1n) is 5.50. The van der Waals surface area contributed by atoms with Crippen LogP contribution in [0.4, 0.5) is 11.4 Å². The van der Waals surface area contributed by atoms with Crippen molar-refractivity contribution in [2.24, 2.45) is 0 Å². The summed E-state index contributed by atoms with van der Waals surface area (Å²) in [5.41, 5.74) is 6.29. The van der Waals surface area contributed by atoms with Crippen molar-refractivity contribution < 1.29 is 9.84 Å². The molecule has 5 nitrogen and oxygen atoms in total. The molecular weight excluding hydrogens is 286 g/mol. The summed E-state index contributed by atoms with van der Waals surface area (Å²) in [5, 5.41) is 13.5. The van der Waals surface area contributed by atoms with E-state index < -0.39 is 5.60 Å². The lowest BCUT2D eigenvalue weighted by Crippen LogP contribution is -2.43. The molecule has 2 heterocycles. The molecule has 2 atom stereocenters. The van der Waals surface area contributed by atoms with Gasteiger partial charge in [0.25, 0.3) is 0 Å². The van der Waals surface area contributed by atoms with Gasteiger partial charge in [0.1, 0.15) is 5.60 Å². The first kappa shape index (κ1) is 12.6. The standard InChI is InChI=1S/C11H16BrN3O2/c1-7-11(16,2-3-17-7)6-15-10-8(12)4-14-5-9(10)13/h4-5,7,16H,2-3,6,13H2,1H3,(H,14,15). The van der Waals surface area contributed by atoms with Crippen molar-refractivity contribution in [3.63, 3.8) is 0 Å². The smallest absolute Gasteiger partial charge is 0.110 e. The summed E-state index contributed by atoms with van der Waals surface area (Å²) in [6.45, 7) is 2.87. The first-order chi connectivity index (χ1) is 8.03. The molecule has 1 aliphatic rings. The van der Waals surface area contributed by atoms with Crippen LogP contribution in [0.2, 0.25) is 0 Å². The highest BCUT2D eigenvalue weighted by molar-refractivity contribution is 9.10. The van der Waals surface area contributed by atoms with Crippen molar-refractivity contribution in [2.75, 3.05) is 24.2 Å². The molecule has 0 bridgehead atoms. The summed E-state index contributed by atoms with van der Waals surface area (Å²) in [6.07, 6.45) is 3.70. The van der Waals surface area contributed by atoms with Crippen molar-refractivity contribution >= 4 is 27.3 Å². The predicted molar refractivity (Wildman–Crippen MR) is 69.8 cm³/mol. The van der Waals surface area contributed by atoms with Crippen LogP contribution in [-0.4, -0.2) is 34.9 Å².